The van der Waals surface area contributed by atoms with Crippen LogP contribution >= 0.6 is 0 Å². The van der Waals surface area contributed by atoms with Crippen molar-refractivity contribution < 1.29 is 4.79 Å². The molecule has 2 N–H and O–H groups in total. The summed E-state index contributed by atoms with van der Waals surface area (Å²) in [7, 11) is 0. The van der Waals surface area contributed by atoms with Crippen LogP contribution in [0, 0.1) is 0 Å². The van der Waals surface area contributed by atoms with Crippen LogP contribution in [0.15, 0.2) is 9.98 Å². The van der Waals surface area contributed by atoms with Gasteiger partial charge in [0.25, 0.3) is 0 Å². The van der Waals surface area contributed by atoms with Crippen molar-refractivity contribution in [1.82, 2.24) is 4.90 Å². The molecule has 1 amide bonds. The van der Waals surface area contributed by atoms with Crippen LogP contribution in [0.2, 0.25) is 0 Å². The molecule has 0 spiro atoms. The second kappa shape index (κ2) is 4.59. The molecule has 0 aliphatic carbocycles. The zero-order chi connectivity index (χ0) is 9.68. The molecule has 5 nitrogen and oxygen atoms in total. The van der Waals surface area contributed by atoms with Gasteiger partial charge in [0.15, 0.2) is 0 Å². The molecule has 5 heteroatoms. The minimum Gasteiger partial charge on any atom is -0.390 e. The third-order valence-corrected chi connectivity index (χ3v) is 2.00. The molecule has 1 aliphatic heterocycles. The number of hydrogen-bond donors (Lipinski definition) is 1. The van der Waals surface area contributed by atoms with Gasteiger partial charge in [0, 0.05) is 13.0 Å². The summed E-state index contributed by atoms with van der Waals surface area (Å²) in [6, 6.07) is 0. The van der Waals surface area contributed by atoms with Crippen LogP contribution < -0.4 is 5.73 Å². The second-order valence-electron chi connectivity index (χ2n) is 2.89. The lowest BCUT2D eigenvalue weighted by molar-refractivity contribution is -0.129. The highest BCUT2D eigenvalue weighted by atomic mass is 16.2. The van der Waals surface area contributed by atoms with Gasteiger partial charge in [-0.1, -0.05) is 0 Å². The predicted octanol–water partition coefficient (Wildman–Crippen LogP) is -0.0299. The lowest BCUT2D eigenvalue weighted by atomic mass is 10.4. The molecule has 1 saturated heterocycles. The highest BCUT2D eigenvalue weighted by molar-refractivity contribution is 5.78. The second-order valence-corrected chi connectivity index (χ2v) is 2.89. The van der Waals surface area contributed by atoms with Crippen molar-refractivity contribution in [2.24, 2.45) is 15.7 Å². The van der Waals surface area contributed by atoms with E-state index in [1.165, 1.54) is 12.7 Å². The molecule has 1 heterocycles. The van der Waals surface area contributed by atoms with Crippen LogP contribution in [0.3, 0.4) is 0 Å². The monoisotopic (exact) mass is 182 g/mol. The van der Waals surface area contributed by atoms with E-state index in [4.69, 9.17) is 5.73 Å². The van der Waals surface area contributed by atoms with E-state index in [9.17, 15) is 4.79 Å². The van der Waals surface area contributed by atoms with Crippen LogP contribution in [0.1, 0.15) is 19.8 Å². The number of hydrogen-bond acceptors (Lipinski definition) is 2. The van der Waals surface area contributed by atoms with Crippen molar-refractivity contribution in [3.63, 3.8) is 0 Å². The Labute approximate surface area is 77.3 Å². The van der Waals surface area contributed by atoms with E-state index in [-0.39, 0.29) is 12.1 Å². The number of rotatable bonds is 3. The zero-order valence-electron chi connectivity index (χ0n) is 7.68. The van der Waals surface area contributed by atoms with Gasteiger partial charge in [0.05, 0.1) is 6.34 Å². The van der Waals surface area contributed by atoms with Crippen LogP contribution in [0.4, 0.5) is 0 Å². The molecule has 0 saturated carbocycles. The average molecular weight is 182 g/mol. The number of carbonyl (C=O) groups excluding carboxylic acids is 1. The SMILES string of the molecule is CC(/N=C/N=CN)N1CCCC1=O. The summed E-state index contributed by atoms with van der Waals surface area (Å²) in [6.45, 7) is 2.66. The first-order valence-electron chi connectivity index (χ1n) is 4.30. The summed E-state index contributed by atoms with van der Waals surface area (Å²) in [5, 5.41) is 0. The fourth-order valence-corrected chi connectivity index (χ4v) is 1.32. The first-order chi connectivity index (χ1) is 6.25. The summed E-state index contributed by atoms with van der Waals surface area (Å²) in [6.07, 6.45) is 3.98. The first kappa shape index (κ1) is 9.70. The Kier molecular flexibility index (Phi) is 3.42. The highest BCUT2D eigenvalue weighted by Gasteiger charge is 2.23. The van der Waals surface area contributed by atoms with E-state index in [1.54, 1.807) is 4.90 Å². The van der Waals surface area contributed by atoms with Crippen LogP contribution in [-0.4, -0.2) is 36.2 Å². The molecule has 72 valence electrons. The predicted molar refractivity (Wildman–Crippen MR) is 51.6 cm³/mol. The maximum Gasteiger partial charge on any atom is 0.224 e. The van der Waals surface area contributed by atoms with E-state index in [1.807, 2.05) is 6.92 Å². The van der Waals surface area contributed by atoms with Gasteiger partial charge >= 0.3 is 0 Å². The van der Waals surface area contributed by atoms with E-state index in [0.29, 0.717) is 6.42 Å². The van der Waals surface area contributed by atoms with Gasteiger partial charge in [-0.3, -0.25) is 4.79 Å². The van der Waals surface area contributed by atoms with E-state index >= 15 is 0 Å². The molecule has 0 aromatic carbocycles. The maximum absolute atomic E-state index is 11.2. The molecule has 0 aromatic heterocycles. The van der Waals surface area contributed by atoms with Crippen LogP contribution in [0.5, 0.6) is 0 Å². The van der Waals surface area contributed by atoms with Gasteiger partial charge in [0.2, 0.25) is 5.91 Å². The van der Waals surface area contributed by atoms with Gasteiger partial charge in [-0.15, -0.1) is 0 Å². The van der Waals surface area contributed by atoms with Gasteiger partial charge < -0.3 is 10.6 Å². The smallest absolute Gasteiger partial charge is 0.224 e. The van der Waals surface area contributed by atoms with Crippen molar-refractivity contribution in [1.29, 1.82) is 0 Å². The molecular formula is C8H14N4O. The third kappa shape index (κ3) is 2.54. The molecule has 1 atom stereocenters. The third-order valence-electron chi connectivity index (χ3n) is 2.00. The molecule has 1 unspecified atom stereocenters. The average Bonchev–Trinajstić information content (AvgIpc) is 2.52. The summed E-state index contributed by atoms with van der Waals surface area (Å²) in [4.78, 5) is 20.7. The molecule has 1 aliphatic rings. The minimum atomic E-state index is -0.126. The maximum atomic E-state index is 11.2. The minimum absolute atomic E-state index is 0.126. The summed E-state index contributed by atoms with van der Waals surface area (Å²) < 4.78 is 0. The number of likely N-dealkylation sites (tertiary alicyclic amines) is 1. The summed E-state index contributed by atoms with van der Waals surface area (Å²) in [5.74, 6) is 0.168. The summed E-state index contributed by atoms with van der Waals surface area (Å²) in [5.41, 5.74) is 5.03. The lowest BCUT2D eigenvalue weighted by Crippen LogP contribution is -2.32. The number of nitrogens with two attached hydrogens (primary N) is 1. The van der Waals surface area contributed by atoms with Gasteiger partial charge in [-0.2, -0.15) is 0 Å². The van der Waals surface area contributed by atoms with Crippen molar-refractivity contribution in [3.8, 4) is 0 Å². The Bertz CT molecular complexity index is 236. The number of nitrogens with zero attached hydrogens (tertiary/aromatic N) is 3. The quantitative estimate of drug-likeness (QED) is 0.492. The fourth-order valence-electron chi connectivity index (χ4n) is 1.32. The van der Waals surface area contributed by atoms with E-state index < -0.39 is 0 Å². The molecular weight excluding hydrogens is 168 g/mol. The standard InChI is InChI=1S/C8H14N4O/c1-7(11-6-10-5-9)12-4-2-3-8(12)13/h5-7H,2-4H2,1H3,(H2,9,10,11). The Hall–Kier alpha value is -1.39. The number of carbonyl (C=O) groups is 1. The van der Waals surface area contributed by atoms with Crippen molar-refractivity contribution in [2.45, 2.75) is 25.9 Å². The van der Waals surface area contributed by atoms with E-state index in [0.717, 1.165) is 13.0 Å². The van der Waals surface area contributed by atoms with Crippen molar-refractivity contribution in [2.75, 3.05) is 6.54 Å². The molecule has 0 radical (unpaired) electrons. The number of amides is 1. The lowest BCUT2D eigenvalue weighted by Gasteiger charge is -2.19. The van der Waals surface area contributed by atoms with Crippen LogP contribution in [0.25, 0.3) is 0 Å². The Balaban J connectivity index is 2.46. The molecule has 0 bridgehead atoms. The fraction of sp³-hybridized carbons (Fsp3) is 0.625. The largest absolute Gasteiger partial charge is 0.390 e. The number of aliphatic imine (C=N–C) groups is 2. The van der Waals surface area contributed by atoms with Crippen LogP contribution in [-0.2, 0) is 4.79 Å². The first-order valence-corrected chi connectivity index (χ1v) is 4.30. The Morgan fingerprint density at radius 2 is 2.46 bits per heavy atom. The molecule has 0 aromatic rings. The van der Waals surface area contributed by atoms with Gasteiger partial charge in [-0.25, -0.2) is 9.98 Å². The topological polar surface area (TPSA) is 71.0 Å². The highest BCUT2D eigenvalue weighted by Crippen LogP contribution is 2.13. The zero-order valence-corrected chi connectivity index (χ0v) is 7.68. The Morgan fingerprint density at radius 3 is 3.00 bits per heavy atom. The van der Waals surface area contributed by atoms with Gasteiger partial charge in [0.1, 0.15) is 12.5 Å². The Morgan fingerprint density at radius 1 is 1.69 bits per heavy atom. The van der Waals surface area contributed by atoms with Crippen molar-refractivity contribution in [3.05, 3.63) is 0 Å². The molecule has 1 fully saturated rings. The summed E-state index contributed by atoms with van der Waals surface area (Å²) >= 11 is 0. The molecule has 13 heavy (non-hydrogen) atoms. The molecule has 1 rings (SSSR count). The van der Waals surface area contributed by atoms with Gasteiger partial charge in [-0.05, 0) is 13.3 Å². The van der Waals surface area contributed by atoms with Crippen molar-refractivity contribution >= 4 is 18.6 Å². The normalized spacial score (nSPS) is 20.7. The van der Waals surface area contributed by atoms with E-state index in [2.05, 4.69) is 9.98 Å².